The minimum absolute atomic E-state index is 0.103. The number of halogens is 2. The largest absolute Gasteiger partial charge is 0.460 e. The molecule has 3 amide bonds. The molecule has 1 spiro atoms. The maximum atomic E-state index is 14.8. The number of allylic oxidation sites excluding steroid dienone is 1. The van der Waals surface area contributed by atoms with Gasteiger partial charge in [0.15, 0.2) is 0 Å². The van der Waals surface area contributed by atoms with Crippen LogP contribution in [0.5, 0.6) is 0 Å². The number of aliphatic hydroxyl groups is 1. The van der Waals surface area contributed by atoms with Gasteiger partial charge in [-0.1, -0.05) is 65.7 Å². The highest BCUT2D eigenvalue weighted by atomic mass is 79.9. The van der Waals surface area contributed by atoms with Gasteiger partial charge < -0.3 is 29.7 Å². The first-order valence-corrected chi connectivity index (χ1v) is 15.4. The summed E-state index contributed by atoms with van der Waals surface area (Å²) in [4.78, 5) is 58.1. The lowest BCUT2D eigenvalue weighted by molar-refractivity contribution is -0.159. The SMILES string of the molecule is CC(C)[C@H](CO)N1C(=O)[C@@H]2[C@H]3C(=O)O[C@@H](C)CNC(=O)CC/C=C\CN(c4ccccc4Cl)C(=O)[C@@H]1[C@]21C=C(Br)[C@H]3O1. The maximum absolute atomic E-state index is 14.8. The van der Waals surface area contributed by atoms with Crippen molar-refractivity contribution in [2.45, 2.75) is 63.5 Å². The summed E-state index contributed by atoms with van der Waals surface area (Å²) < 4.78 is 12.8. The molecule has 7 atom stereocenters. The van der Waals surface area contributed by atoms with Gasteiger partial charge in [-0.3, -0.25) is 19.2 Å². The van der Waals surface area contributed by atoms with E-state index in [0.29, 0.717) is 21.6 Å². The van der Waals surface area contributed by atoms with Crippen molar-refractivity contribution in [2.24, 2.45) is 17.8 Å². The van der Waals surface area contributed by atoms with Gasteiger partial charge in [0.25, 0.3) is 5.91 Å². The number of carbonyl (C=O) groups is 4. The Morgan fingerprint density at radius 2 is 1.90 bits per heavy atom. The van der Waals surface area contributed by atoms with Crippen molar-refractivity contribution in [3.63, 3.8) is 0 Å². The van der Waals surface area contributed by atoms with E-state index in [0.717, 1.165) is 0 Å². The molecule has 0 radical (unpaired) electrons. The molecule has 0 aliphatic carbocycles. The molecule has 12 heteroatoms. The highest BCUT2D eigenvalue weighted by Crippen LogP contribution is 2.59. The number of fused-ring (bicyclic) bond motifs is 2. The molecule has 42 heavy (non-hydrogen) atoms. The van der Waals surface area contributed by atoms with Crippen LogP contribution in [0.1, 0.15) is 33.6 Å². The first-order valence-electron chi connectivity index (χ1n) is 14.2. The van der Waals surface area contributed by atoms with Crippen LogP contribution in [0.3, 0.4) is 0 Å². The number of esters is 1. The predicted molar refractivity (Wildman–Crippen MR) is 159 cm³/mol. The molecule has 0 saturated carbocycles. The highest BCUT2D eigenvalue weighted by Gasteiger charge is 2.75. The third-order valence-electron chi connectivity index (χ3n) is 8.49. The summed E-state index contributed by atoms with van der Waals surface area (Å²) in [6.07, 6.45) is 4.47. The van der Waals surface area contributed by atoms with Crippen molar-refractivity contribution >= 4 is 56.9 Å². The number of hydrogen-bond acceptors (Lipinski definition) is 7. The molecule has 2 N–H and O–H groups in total. The number of nitrogens with zero attached hydrogens (tertiary/aromatic N) is 2. The molecule has 1 aromatic rings. The van der Waals surface area contributed by atoms with Crippen LogP contribution in [0, 0.1) is 17.8 Å². The fraction of sp³-hybridized carbons (Fsp3) is 0.533. The molecule has 4 aliphatic rings. The molecule has 226 valence electrons. The summed E-state index contributed by atoms with van der Waals surface area (Å²) in [6.45, 7) is 5.22. The van der Waals surface area contributed by atoms with Crippen LogP contribution >= 0.6 is 27.5 Å². The predicted octanol–water partition coefficient (Wildman–Crippen LogP) is 2.96. The smallest absolute Gasteiger partial charge is 0.313 e. The van der Waals surface area contributed by atoms with Gasteiger partial charge in [0.1, 0.15) is 29.8 Å². The van der Waals surface area contributed by atoms with Crippen LogP contribution < -0.4 is 10.2 Å². The number of cyclic esters (lactones) is 1. The number of nitrogens with one attached hydrogen (secondary N) is 1. The minimum atomic E-state index is -1.49. The second kappa shape index (κ2) is 12.1. The summed E-state index contributed by atoms with van der Waals surface area (Å²) in [6, 6.07) is 4.98. The van der Waals surface area contributed by atoms with Crippen LogP contribution in [0.4, 0.5) is 5.69 Å². The number of aliphatic hydroxyl groups excluding tert-OH is 1. The Labute approximate surface area is 258 Å². The van der Waals surface area contributed by atoms with Gasteiger partial charge >= 0.3 is 5.97 Å². The number of anilines is 1. The van der Waals surface area contributed by atoms with E-state index in [-0.39, 0.29) is 37.9 Å². The summed E-state index contributed by atoms with van der Waals surface area (Å²) in [5, 5.41) is 13.6. The van der Waals surface area contributed by atoms with Crippen LogP contribution in [0.25, 0.3) is 0 Å². The van der Waals surface area contributed by atoms with Crippen LogP contribution in [-0.2, 0) is 28.7 Å². The van der Waals surface area contributed by atoms with Gasteiger partial charge in [0.05, 0.1) is 35.8 Å². The lowest BCUT2D eigenvalue weighted by Crippen LogP contribution is -2.59. The fourth-order valence-electron chi connectivity index (χ4n) is 6.49. The van der Waals surface area contributed by atoms with Gasteiger partial charge in [-0.15, -0.1) is 0 Å². The minimum Gasteiger partial charge on any atom is -0.460 e. The topological polar surface area (TPSA) is 125 Å². The van der Waals surface area contributed by atoms with Crippen molar-refractivity contribution < 1.29 is 33.8 Å². The first-order chi connectivity index (χ1) is 20.0. The van der Waals surface area contributed by atoms with E-state index < -0.39 is 59.5 Å². The molecule has 5 rings (SSSR count). The maximum Gasteiger partial charge on any atom is 0.313 e. The summed E-state index contributed by atoms with van der Waals surface area (Å²) in [5.41, 5.74) is -1.06. The van der Waals surface area contributed by atoms with E-state index in [1.165, 1.54) is 9.80 Å². The number of para-hydroxylation sites is 1. The van der Waals surface area contributed by atoms with Crippen LogP contribution in [0.2, 0.25) is 5.02 Å². The summed E-state index contributed by atoms with van der Waals surface area (Å²) >= 11 is 10.1. The third-order valence-corrected chi connectivity index (χ3v) is 9.49. The number of ether oxygens (including phenoxy) is 2. The molecular weight excluding hydrogens is 630 g/mol. The molecule has 0 aromatic heterocycles. The molecular formula is C30H35BrClN3O7. The summed E-state index contributed by atoms with van der Waals surface area (Å²) in [7, 11) is 0. The molecule has 4 heterocycles. The first kappa shape index (κ1) is 30.7. The van der Waals surface area contributed by atoms with Gasteiger partial charge in [-0.2, -0.15) is 0 Å². The highest BCUT2D eigenvalue weighted by molar-refractivity contribution is 9.11. The molecule has 1 aromatic carbocycles. The molecule has 5 bridgehead atoms. The zero-order valence-corrected chi connectivity index (χ0v) is 26.0. The molecule has 4 aliphatic heterocycles. The second-order valence-corrected chi connectivity index (χ2v) is 12.9. The Bertz CT molecular complexity index is 1340. The van der Waals surface area contributed by atoms with Gasteiger partial charge in [0, 0.05) is 17.4 Å². The van der Waals surface area contributed by atoms with E-state index >= 15 is 0 Å². The Hall–Kier alpha value is -2.73. The number of hydrogen-bond donors (Lipinski definition) is 2. The zero-order valence-electron chi connectivity index (χ0n) is 23.7. The quantitative estimate of drug-likeness (QED) is 0.375. The zero-order chi connectivity index (χ0) is 30.3. The molecule has 10 nitrogen and oxygen atoms in total. The fourth-order valence-corrected chi connectivity index (χ4v) is 7.46. The Balaban J connectivity index is 1.68. The van der Waals surface area contributed by atoms with Crippen LogP contribution in [0.15, 0.2) is 47.0 Å². The Kier molecular flexibility index (Phi) is 8.85. The Morgan fingerprint density at radius 3 is 2.60 bits per heavy atom. The van der Waals surface area contributed by atoms with Crippen molar-refractivity contribution in [1.29, 1.82) is 0 Å². The third kappa shape index (κ3) is 5.18. The lowest BCUT2D eigenvalue weighted by Gasteiger charge is -2.40. The number of carbonyl (C=O) groups excluding carboxylic acids is 4. The van der Waals surface area contributed by atoms with E-state index in [1.807, 2.05) is 19.9 Å². The van der Waals surface area contributed by atoms with Crippen molar-refractivity contribution in [2.75, 3.05) is 24.6 Å². The standard InChI is InChI=1S/C30H35BrClN3O7/c1-16(2)21(15-36)35-26-28(39)34(20-10-7-6-9-19(20)32)12-8-4-5-11-22(37)33-14-17(3)41-29(40)23-24(27(35)38)30(26)13-18(31)25(23)42-30/h4,6-10,13,16-17,21,23-26,36H,5,11-12,14-15H2,1-3H3,(H,33,37)/b8-4-/t17-,21-,23+,24-,25+,26+,30-/m0/s1. The number of rotatable bonds is 4. The molecule has 2 saturated heterocycles. The van der Waals surface area contributed by atoms with E-state index in [1.54, 1.807) is 43.3 Å². The Morgan fingerprint density at radius 1 is 1.17 bits per heavy atom. The van der Waals surface area contributed by atoms with Gasteiger partial charge in [-0.05, 0) is 37.5 Å². The second-order valence-electron chi connectivity index (χ2n) is 11.5. The van der Waals surface area contributed by atoms with Gasteiger partial charge in [-0.25, -0.2) is 0 Å². The lowest BCUT2D eigenvalue weighted by atomic mass is 9.74. The normalized spacial score (nSPS) is 33.4. The van der Waals surface area contributed by atoms with Crippen molar-refractivity contribution in [1.82, 2.24) is 10.2 Å². The summed E-state index contributed by atoms with van der Waals surface area (Å²) in [5.74, 6) is -4.09. The monoisotopic (exact) mass is 663 g/mol. The van der Waals surface area contributed by atoms with Crippen molar-refractivity contribution in [3.8, 4) is 0 Å². The van der Waals surface area contributed by atoms with E-state index in [2.05, 4.69) is 21.2 Å². The van der Waals surface area contributed by atoms with Gasteiger partial charge in [0.2, 0.25) is 11.8 Å². The molecule has 2 fully saturated rings. The number of benzene rings is 1. The molecule has 0 unspecified atom stereocenters. The number of likely N-dealkylation sites (tertiary alicyclic amines) is 1. The van der Waals surface area contributed by atoms with Crippen molar-refractivity contribution in [3.05, 3.63) is 52.0 Å². The average Bonchev–Trinajstić information content (AvgIpc) is 3.53. The van der Waals surface area contributed by atoms with E-state index in [4.69, 9.17) is 21.1 Å². The van der Waals surface area contributed by atoms with E-state index in [9.17, 15) is 24.3 Å². The van der Waals surface area contributed by atoms with Crippen LogP contribution in [-0.4, -0.2) is 83.3 Å². The number of amides is 3. The average molecular weight is 665 g/mol.